The summed E-state index contributed by atoms with van der Waals surface area (Å²) < 4.78 is 10.1. The Morgan fingerprint density at radius 1 is 1.50 bits per heavy atom. The molecule has 0 aliphatic heterocycles. The zero-order chi connectivity index (χ0) is 11.5. The van der Waals surface area contributed by atoms with Gasteiger partial charge in [-0.25, -0.2) is 0 Å². The number of ether oxygens (including phenoxy) is 1. The minimum atomic E-state index is 0.353. The summed E-state index contributed by atoms with van der Waals surface area (Å²) in [5.41, 5.74) is 0. The summed E-state index contributed by atoms with van der Waals surface area (Å²) in [6.07, 6.45) is 2.63. The summed E-state index contributed by atoms with van der Waals surface area (Å²) >= 11 is 1.37. The Balaban J connectivity index is 1.78. The first-order chi connectivity index (χ1) is 7.69. The van der Waals surface area contributed by atoms with E-state index in [4.69, 9.17) is 4.74 Å². The topological polar surface area (TPSA) is 47.0 Å². The average Bonchev–Trinajstić information content (AvgIpc) is 2.63. The Hall–Kier alpha value is -0.680. The summed E-state index contributed by atoms with van der Waals surface area (Å²) in [5, 5.41) is 3.93. The molecule has 2 rings (SSSR count). The van der Waals surface area contributed by atoms with Gasteiger partial charge in [0.1, 0.15) is 11.9 Å². The maximum Gasteiger partial charge on any atom is 0.293 e. The number of nitrogens with zero attached hydrogens (tertiary/aromatic N) is 2. The average molecular weight is 241 g/mol. The maximum atomic E-state index is 5.77. The lowest BCUT2D eigenvalue weighted by Gasteiger charge is -2.34. The second-order valence-corrected chi connectivity index (χ2v) is 5.42. The summed E-state index contributed by atoms with van der Waals surface area (Å²) in [5.74, 6) is 2.05. The van der Waals surface area contributed by atoms with E-state index in [9.17, 15) is 0 Å². The molecule has 1 aliphatic rings. The first-order valence-electron chi connectivity index (χ1n) is 5.84. The molecule has 1 fully saturated rings. The van der Waals surface area contributed by atoms with Crippen molar-refractivity contribution in [1.29, 1.82) is 0 Å². The van der Waals surface area contributed by atoms with E-state index in [1.54, 1.807) is 0 Å². The van der Waals surface area contributed by atoms with Crippen LogP contribution in [0, 0.1) is 5.92 Å². The van der Waals surface area contributed by atoms with Crippen molar-refractivity contribution in [3.8, 4) is 5.19 Å². The number of rotatable bonds is 5. The van der Waals surface area contributed by atoms with Crippen LogP contribution in [0.4, 0.5) is 0 Å². The third-order valence-corrected chi connectivity index (χ3v) is 3.51. The highest BCUT2D eigenvalue weighted by molar-refractivity contribution is 7.07. The van der Waals surface area contributed by atoms with Gasteiger partial charge in [-0.1, -0.05) is 13.8 Å². The largest absolute Gasteiger partial charge is 0.466 e. The van der Waals surface area contributed by atoms with E-state index < -0.39 is 0 Å². The SMILES string of the molecule is CNCC1CC(Oc2nc(C(C)C)ns2)C1. The number of aromatic nitrogens is 2. The van der Waals surface area contributed by atoms with Crippen LogP contribution in [-0.2, 0) is 0 Å². The zero-order valence-corrected chi connectivity index (χ0v) is 10.9. The molecule has 1 heterocycles. The molecule has 0 amide bonds. The molecular formula is C11H19N3OS. The monoisotopic (exact) mass is 241 g/mol. The molecule has 0 atom stereocenters. The van der Waals surface area contributed by atoms with Crippen molar-refractivity contribution in [3.05, 3.63) is 5.82 Å². The summed E-state index contributed by atoms with van der Waals surface area (Å²) in [7, 11) is 1.99. The molecule has 0 aromatic carbocycles. The Labute approximate surface area is 101 Å². The molecule has 1 aromatic rings. The van der Waals surface area contributed by atoms with Gasteiger partial charge in [-0.3, -0.25) is 0 Å². The van der Waals surface area contributed by atoms with Gasteiger partial charge in [0.25, 0.3) is 5.19 Å². The molecule has 16 heavy (non-hydrogen) atoms. The quantitative estimate of drug-likeness (QED) is 0.857. The molecule has 1 aromatic heterocycles. The highest BCUT2D eigenvalue weighted by Gasteiger charge is 2.31. The Bertz CT molecular complexity index is 334. The predicted octanol–water partition coefficient (Wildman–Crippen LogP) is 2.04. The van der Waals surface area contributed by atoms with Gasteiger partial charge in [0.2, 0.25) is 0 Å². The van der Waals surface area contributed by atoms with Crippen LogP contribution in [0.3, 0.4) is 0 Å². The van der Waals surface area contributed by atoms with Crippen LogP contribution in [0.1, 0.15) is 38.4 Å². The van der Waals surface area contributed by atoms with Crippen molar-refractivity contribution in [2.45, 2.75) is 38.7 Å². The van der Waals surface area contributed by atoms with Gasteiger partial charge in [0.15, 0.2) is 0 Å². The molecule has 5 heteroatoms. The van der Waals surface area contributed by atoms with Gasteiger partial charge in [0, 0.05) is 17.5 Å². The molecule has 0 saturated heterocycles. The van der Waals surface area contributed by atoms with Crippen LogP contribution in [0.25, 0.3) is 0 Å². The fraction of sp³-hybridized carbons (Fsp3) is 0.818. The highest BCUT2D eigenvalue weighted by atomic mass is 32.1. The number of nitrogens with one attached hydrogen (secondary N) is 1. The van der Waals surface area contributed by atoms with Gasteiger partial charge in [-0.15, -0.1) is 0 Å². The zero-order valence-electron chi connectivity index (χ0n) is 10.1. The van der Waals surface area contributed by atoms with Gasteiger partial charge in [-0.2, -0.15) is 9.36 Å². The molecule has 0 unspecified atom stereocenters. The van der Waals surface area contributed by atoms with Crippen molar-refractivity contribution in [1.82, 2.24) is 14.7 Å². The minimum absolute atomic E-state index is 0.353. The van der Waals surface area contributed by atoms with E-state index in [-0.39, 0.29) is 0 Å². The summed E-state index contributed by atoms with van der Waals surface area (Å²) in [6.45, 7) is 5.28. The minimum Gasteiger partial charge on any atom is -0.466 e. The molecule has 0 radical (unpaired) electrons. The van der Waals surface area contributed by atoms with Crippen LogP contribution in [0.5, 0.6) is 5.19 Å². The Morgan fingerprint density at radius 3 is 2.81 bits per heavy atom. The molecule has 1 saturated carbocycles. The van der Waals surface area contributed by atoms with Crippen molar-refractivity contribution in [3.63, 3.8) is 0 Å². The third-order valence-electron chi connectivity index (χ3n) is 2.89. The van der Waals surface area contributed by atoms with E-state index in [0.29, 0.717) is 12.0 Å². The van der Waals surface area contributed by atoms with Crippen LogP contribution in [0.2, 0.25) is 0 Å². The Morgan fingerprint density at radius 2 is 2.25 bits per heavy atom. The van der Waals surface area contributed by atoms with Gasteiger partial charge < -0.3 is 10.1 Å². The summed E-state index contributed by atoms with van der Waals surface area (Å²) in [4.78, 5) is 4.37. The highest BCUT2D eigenvalue weighted by Crippen LogP contribution is 2.31. The van der Waals surface area contributed by atoms with Crippen molar-refractivity contribution in [2.75, 3.05) is 13.6 Å². The van der Waals surface area contributed by atoms with Crippen molar-refractivity contribution in [2.24, 2.45) is 5.92 Å². The predicted molar refractivity (Wildman–Crippen MR) is 65.1 cm³/mol. The van der Waals surface area contributed by atoms with Crippen LogP contribution in [0.15, 0.2) is 0 Å². The fourth-order valence-electron chi connectivity index (χ4n) is 1.87. The fourth-order valence-corrected chi connectivity index (χ4v) is 2.61. The standard InChI is InChI=1S/C11H19N3OS/c1-7(2)10-13-11(16-14-10)15-9-4-8(5-9)6-12-3/h7-9,12H,4-6H2,1-3H3. The van der Waals surface area contributed by atoms with E-state index in [2.05, 4.69) is 28.5 Å². The molecule has 0 bridgehead atoms. The lowest BCUT2D eigenvalue weighted by Crippen LogP contribution is -2.38. The maximum absolute atomic E-state index is 5.77. The van der Waals surface area contributed by atoms with Gasteiger partial charge in [-0.05, 0) is 32.4 Å². The smallest absolute Gasteiger partial charge is 0.293 e. The van der Waals surface area contributed by atoms with E-state index in [0.717, 1.165) is 36.3 Å². The lowest BCUT2D eigenvalue weighted by atomic mass is 9.82. The first kappa shape index (κ1) is 11.8. The molecule has 90 valence electrons. The molecular weight excluding hydrogens is 222 g/mol. The van der Waals surface area contributed by atoms with Crippen LogP contribution < -0.4 is 10.1 Å². The van der Waals surface area contributed by atoms with Crippen LogP contribution in [-0.4, -0.2) is 29.1 Å². The number of hydrogen-bond donors (Lipinski definition) is 1. The molecule has 1 N–H and O–H groups in total. The van der Waals surface area contributed by atoms with Crippen molar-refractivity contribution >= 4 is 11.5 Å². The van der Waals surface area contributed by atoms with Crippen LogP contribution >= 0.6 is 11.5 Å². The number of hydrogen-bond acceptors (Lipinski definition) is 5. The van der Waals surface area contributed by atoms with Gasteiger partial charge >= 0.3 is 0 Å². The molecule has 0 spiro atoms. The molecule has 1 aliphatic carbocycles. The Kier molecular flexibility index (Phi) is 3.76. The first-order valence-corrected chi connectivity index (χ1v) is 6.61. The van der Waals surface area contributed by atoms with E-state index in [1.807, 2.05) is 7.05 Å². The second-order valence-electron chi connectivity index (χ2n) is 4.71. The van der Waals surface area contributed by atoms with Gasteiger partial charge in [0.05, 0.1) is 0 Å². The normalized spacial score (nSPS) is 24.5. The van der Waals surface area contributed by atoms with E-state index in [1.165, 1.54) is 11.5 Å². The lowest BCUT2D eigenvalue weighted by molar-refractivity contribution is 0.0653. The molecule has 4 nitrogen and oxygen atoms in total. The van der Waals surface area contributed by atoms with E-state index >= 15 is 0 Å². The second kappa shape index (κ2) is 5.10. The summed E-state index contributed by atoms with van der Waals surface area (Å²) in [6, 6.07) is 0. The third kappa shape index (κ3) is 2.71. The van der Waals surface area contributed by atoms with Crippen molar-refractivity contribution < 1.29 is 4.74 Å².